The van der Waals surface area contributed by atoms with E-state index in [4.69, 9.17) is 14.7 Å². The monoisotopic (exact) mass is 276 g/mol. The minimum Gasteiger partial charge on any atom is -0.376 e. The number of hydrogen-bond donors (Lipinski definition) is 1. The second kappa shape index (κ2) is 8.31. The standard InChI is InChI=1S/C15H20N2O3/c1-11(2)19-8-9-20-12(3)15(18)17-14-7-5-4-6-13(14)10-16/h4-7,11-12H,8-9H2,1-3H3,(H,17,18). The van der Waals surface area contributed by atoms with Crippen molar-refractivity contribution in [3.63, 3.8) is 0 Å². The SMILES string of the molecule is CC(C)OCCOC(C)C(=O)Nc1ccccc1C#N. The first-order valence-electron chi connectivity index (χ1n) is 6.57. The third-order valence-corrected chi connectivity index (χ3v) is 2.58. The molecule has 0 aliphatic heterocycles. The van der Waals surface area contributed by atoms with Crippen molar-refractivity contribution in [1.82, 2.24) is 0 Å². The number of amides is 1. The van der Waals surface area contributed by atoms with Crippen LogP contribution in [-0.2, 0) is 14.3 Å². The van der Waals surface area contributed by atoms with E-state index in [9.17, 15) is 4.79 Å². The molecule has 0 aliphatic carbocycles. The smallest absolute Gasteiger partial charge is 0.253 e. The molecule has 0 saturated heterocycles. The number of anilines is 1. The van der Waals surface area contributed by atoms with Crippen LogP contribution in [0.25, 0.3) is 0 Å². The average Bonchev–Trinajstić information content (AvgIpc) is 2.43. The Labute approximate surface area is 119 Å². The van der Waals surface area contributed by atoms with Gasteiger partial charge in [-0.05, 0) is 32.9 Å². The van der Waals surface area contributed by atoms with Gasteiger partial charge >= 0.3 is 0 Å². The minimum atomic E-state index is -0.600. The molecule has 1 amide bonds. The molecule has 1 unspecified atom stereocenters. The number of ether oxygens (including phenoxy) is 2. The van der Waals surface area contributed by atoms with Crippen molar-refractivity contribution in [2.45, 2.75) is 33.0 Å². The Bertz CT molecular complexity index is 480. The molecular weight excluding hydrogens is 256 g/mol. The molecule has 0 spiro atoms. The van der Waals surface area contributed by atoms with Gasteiger partial charge in [0.1, 0.15) is 12.2 Å². The van der Waals surface area contributed by atoms with E-state index in [2.05, 4.69) is 5.32 Å². The Hall–Kier alpha value is -1.90. The van der Waals surface area contributed by atoms with Crippen LogP contribution in [0.5, 0.6) is 0 Å². The van der Waals surface area contributed by atoms with Gasteiger partial charge in [-0.2, -0.15) is 5.26 Å². The zero-order chi connectivity index (χ0) is 15.0. The summed E-state index contributed by atoms with van der Waals surface area (Å²) >= 11 is 0. The molecule has 5 heteroatoms. The summed E-state index contributed by atoms with van der Waals surface area (Å²) in [7, 11) is 0. The molecule has 108 valence electrons. The maximum Gasteiger partial charge on any atom is 0.253 e. The largest absolute Gasteiger partial charge is 0.376 e. The summed E-state index contributed by atoms with van der Waals surface area (Å²) in [6.07, 6.45) is -0.456. The van der Waals surface area contributed by atoms with Crippen molar-refractivity contribution in [3.8, 4) is 6.07 Å². The van der Waals surface area contributed by atoms with E-state index in [-0.39, 0.29) is 12.0 Å². The molecule has 1 aromatic rings. The number of nitriles is 1. The van der Waals surface area contributed by atoms with Crippen molar-refractivity contribution >= 4 is 11.6 Å². The summed E-state index contributed by atoms with van der Waals surface area (Å²) in [5, 5.41) is 11.6. The summed E-state index contributed by atoms with van der Waals surface area (Å²) in [5.41, 5.74) is 0.921. The first-order valence-corrected chi connectivity index (χ1v) is 6.57. The van der Waals surface area contributed by atoms with Crippen LogP contribution in [-0.4, -0.2) is 31.3 Å². The molecule has 5 nitrogen and oxygen atoms in total. The first kappa shape index (κ1) is 16.2. The summed E-state index contributed by atoms with van der Waals surface area (Å²) in [5.74, 6) is -0.280. The van der Waals surface area contributed by atoms with Crippen molar-refractivity contribution < 1.29 is 14.3 Å². The van der Waals surface area contributed by atoms with Gasteiger partial charge in [-0.1, -0.05) is 12.1 Å². The lowest BCUT2D eigenvalue weighted by atomic mass is 10.2. The summed E-state index contributed by atoms with van der Waals surface area (Å²) in [6.45, 7) is 6.35. The van der Waals surface area contributed by atoms with Crippen molar-refractivity contribution in [2.75, 3.05) is 18.5 Å². The van der Waals surface area contributed by atoms with Crippen molar-refractivity contribution in [3.05, 3.63) is 29.8 Å². The summed E-state index contributed by atoms with van der Waals surface area (Å²) in [6, 6.07) is 8.87. The van der Waals surface area contributed by atoms with Gasteiger partial charge in [-0.3, -0.25) is 4.79 Å². The van der Waals surface area contributed by atoms with Gasteiger partial charge in [0, 0.05) is 0 Å². The normalized spacial score (nSPS) is 11.9. The molecule has 20 heavy (non-hydrogen) atoms. The van der Waals surface area contributed by atoms with Crippen LogP contribution < -0.4 is 5.32 Å². The summed E-state index contributed by atoms with van der Waals surface area (Å²) in [4.78, 5) is 11.9. The maximum absolute atomic E-state index is 11.9. The van der Waals surface area contributed by atoms with Crippen LogP contribution in [0.15, 0.2) is 24.3 Å². The average molecular weight is 276 g/mol. The highest BCUT2D eigenvalue weighted by Crippen LogP contribution is 2.14. The van der Waals surface area contributed by atoms with E-state index >= 15 is 0 Å². The molecular formula is C15H20N2O3. The van der Waals surface area contributed by atoms with Crippen LogP contribution in [0.4, 0.5) is 5.69 Å². The molecule has 0 radical (unpaired) electrons. The molecule has 0 aliphatic rings. The fraction of sp³-hybridized carbons (Fsp3) is 0.467. The van der Waals surface area contributed by atoms with Crippen LogP contribution in [0.1, 0.15) is 26.3 Å². The molecule has 1 atom stereocenters. The Kier molecular flexibility index (Phi) is 6.71. The van der Waals surface area contributed by atoms with E-state index < -0.39 is 6.10 Å². The fourth-order valence-corrected chi connectivity index (χ4v) is 1.51. The van der Waals surface area contributed by atoms with E-state index in [1.807, 2.05) is 19.9 Å². The molecule has 1 aromatic carbocycles. The lowest BCUT2D eigenvalue weighted by Gasteiger charge is -2.14. The van der Waals surface area contributed by atoms with E-state index in [1.165, 1.54) is 0 Å². The number of carbonyl (C=O) groups excluding carboxylic acids is 1. The second-order valence-corrected chi connectivity index (χ2v) is 4.58. The molecule has 1 N–H and O–H groups in total. The number of para-hydroxylation sites is 1. The number of carbonyl (C=O) groups is 1. The zero-order valence-corrected chi connectivity index (χ0v) is 12.1. The first-order chi connectivity index (χ1) is 9.54. The van der Waals surface area contributed by atoms with Crippen molar-refractivity contribution in [1.29, 1.82) is 5.26 Å². The highest BCUT2D eigenvalue weighted by Gasteiger charge is 2.14. The molecule has 0 saturated carbocycles. The lowest BCUT2D eigenvalue weighted by molar-refractivity contribution is -0.127. The number of hydrogen-bond acceptors (Lipinski definition) is 4. The van der Waals surface area contributed by atoms with Crippen molar-refractivity contribution in [2.24, 2.45) is 0 Å². The van der Waals surface area contributed by atoms with Crippen LogP contribution >= 0.6 is 0 Å². The Morgan fingerprint density at radius 1 is 1.25 bits per heavy atom. The van der Waals surface area contributed by atoms with Crippen LogP contribution in [0.3, 0.4) is 0 Å². The number of nitrogens with zero attached hydrogens (tertiary/aromatic N) is 1. The van der Waals surface area contributed by atoms with Gasteiger partial charge in [0.05, 0.1) is 30.6 Å². The Morgan fingerprint density at radius 3 is 2.55 bits per heavy atom. The third-order valence-electron chi connectivity index (χ3n) is 2.58. The van der Waals surface area contributed by atoms with Gasteiger partial charge in [0.15, 0.2) is 0 Å². The predicted molar refractivity (Wildman–Crippen MR) is 76.3 cm³/mol. The van der Waals surface area contributed by atoms with E-state index in [0.29, 0.717) is 24.5 Å². The quantitative estimate of drug-likeness (QED) is 0.776. The summed E-state index contributed by atoms with van der Waals surface area (Å²) < 4.78 is 10.7. The molecule has 0 heterocycles. The molecule has 0 bridgehead atoms. The highest BCUT2D eigenvalue weighted by molar-refractivity contribution is 5.95. The van der Waals surface area contributed by atoms with Gasteiger partial charge in [-0.15, -0.1) is 0 Å². The lowest BCUT2D eigenvalue weighted by Crippen LogP contribution is -2.29. The molecule has 0 aromatic heterocycles. The van der Waals surface area contributed by atoms with Gasteiger partial charge in [0.25, 0.3) is 5.91 Å². The topological polar surface area (TPSA) is 71.3 Å². The number of benzene rings is 1. The number of nitrogens with one attached hydrogen (secondary N) is 1. The van der Waals surface area contributed by atoms with Gasteiger partial charge in [-0.25, -0.2) is 0 Å². The Morgan fingerprint density at radius 2 is 1.90 bits per heavy atom. The maximum atomic E-state index is 11.9. The predicted octanol–water partition coefficient (Wildman–Crippen LogP) is 2.33. The van der Waals surface area contributed by atoms with E-state index in [0.717, 1.165) is 0 Å². The molecule has 1 rings (SSSR count). The zero-order valence-electron chi connectivity index (χ0n) is 12.1. The van der Waals surface area contributed by atoms with Gasteiger partial charge in [0.2, 0.25) is 0 Å². The fourth-order valence-electron chi connectivity index (χ4n) is 1.51. The third kappa shape index (κ3) is 5.39. The highest BCUT2D eigenvalue weighted by atomic mass is 16.5. The number of rotatable bonds is 7. The van der Waals surface area contributed by atoms with E-state index in [1.54, 1.807) is 31.2 Å². The second-order valence-electron chi connectivity index (χ2n) is 4.58. The van der Waals surface area contributed by atoms with Crippen LogP contribution in [0.2, 0.25) is 0 Å². The van der Waals surface area contributed by atoms with Gasteiger partial charge < -0.3 is 14.8 Å². The minimum absolute atomic E-state index is 0.144. The van der Waals surface area contributed by atoms with Crippen LogP contribution in [0, 0.1) is 11.3 Å². The Balaban J connectivity index is 2.44. The molecule has 0 fully saturated rings.